The van der Waals surface area contributed by atoms with Gasteiger partial charge >= 0.3 is 12.2 Å². The van der Waals surface area contributed by atoms with Crippen LogP contribution in [0.2, 0.25) is 0 Å². The van der Waals surface area contributed by atoms with E-state index in [9.17, 15) is 9.59 Å². The summed E-state index contributed by atoms with van der Waals surface area (Å²) in [5.74, 6) is 0.391. The molecule has 0 N–H and O–H groups in total. The van der Waals surface area contributed by atoms with Crippen molar-refractivity contribution < 1.29 is 19.1 Å². The van der Waals surface area contributed by atoms with E-state index in [0.717, 1.165) is 31.2 Å². The van der Waals surface area contributed by atoms with E-state index in [1.807, 2.05) is 6.07 Å². The topological polar surface area (TPSA) is 77.3 Å². The van der Waals surface area contributed by atoms with Gasteiger partial charge in [0.1, 0.15) is 11.9 Å². The maximum absolute atomic E-state index is 11.5. The summed E-state index contributed by atoms with van der Waals surface area (Å²) in [5.41, 5.74) is 0.797. The van der Waals surface area contributed by atoms with Gasteiger partial charge < -0.3 is 9.47 Å². The van der Waals surface area contributed by atoms with Crippen LogP contribution in [0.1, 0.15) is 37.7 Å². The molecule has 2 amide bonds. The molecule has 1 aliphatic rings. The molecule has 1 saturated carbocycles. The highest BCUT2D eigenvalue weighted by Crippen LogP contribution is 2.21. The first-order valence-electron chi connectivity index (χ1n) is 7.05. The quantitative estimate of drug-likeness (QED) is 0.755. The zero-order chi connectivity index (χ0) is 15.1. The minimum atomic E-state index is -0.940. The van der Waals surface area contributed by atoms with E-state index in [0.29, 0.717) is 5.75 Å². The molecule has 0 aromatic heterocycles. The Morgan fingerprint density at radius 2 is 1.71 bits per heavy atom. The second-order valence-corrected chi connectivity index (χ2v) is 4.98. The summed E-state index contributed by atoms with van der Waals surface area (Å²) < 4.78 is 10.1. The van der Waals surface area contributed by atoms with Gasteiger partial charge in [-0.1, -0.05) is 34.8 Å². The lowest BCUT2D eigenvalue weighted by Gasteiger charge is -2.20. The number of carbonyl (C=O) groups is 2. The number of benzene rings is 1. The molecule has 6 nitrogen and oxygen atoms in total. The Bertz CT molecular complexity index is 536. The van der Waals surface area contributed by atoms with Gasteiger partial charge in [-0.15, -0.1) is 0 Å². The summed E-state index contributed by atoms with van der Waals surface area (Å²) in [7, 11) is 0. The molecule has 0 heterocycles. The van der Waals surface area contributed by atoms with Crippen molar-refractivity contribution in [2.24, 2.45) is 10.2 Å². The van der Waals surface area contributed by atoms with Crippen LogP contribution in [0.5, 0.6) is 5.75 Å². The van der Waals surface area contributed by atoms with Crippen molar-refractivity contribution in [3.63, 3.8) is 0 Å². The van der Waals surface area contributed by atoms with Crippen LogP contribution >= 0.6 is 0 Å². The first-order valence-corrected chi connectivity index (χ1v) is 7.05. The van der Waals surface area contributed by atoms with E-state index in [-0.39, 0.29) is 6.10 Å². The number of hydrogen-bond acceptors (Lipinski definition) is 4. The summed E-state index contributed by atoms with van der Waals surface area (Å²) in [6.45, 7) is 1.80. The Kier molecular flexibility index (Phi) is 5.43. The Hall–Kier alpha value is -2.24. The number of carbonyl (C=O) groups excluding carboxylic acids is 2. The molecule has 6 heteroatoms. The highest BCUT2D eigenvalue weighted by Gasteiger charge is 2.17. The van der Waals surface area contributed by atoms with Crippen LogP contribution in [0.4, 0.5) is 9.59 Å². The van der Waals surface area contributed by atoms with Crippen LogP contribution in [-0.4, -0.2) is 18.3 Å². The Morgan fingerprint density at radius 3 is 2.43 bits per heavy atom. The molecule has 112 valence electrons. The normalized spacial score (nSPS) is 15.9. The molecule has 0 atom stereocenters. The highest BCUT2D eigenvalue weighted by atomic mass is 16.6. The number of ether oxygens (including phenoxy) is 2. The number of nitrogens with zero attached hydrogens (tertiary/aromatic N) is 2. The summed E-state index contributed by atoms with van der Waals surface area (Å²) >= 11 is 0. The first-order chi connectivity index (χ1) is 10.1. The summed E-state index contributed by atoms with van der Waals surface area (Å²) in [4.78, 5) is 22.9. The minimum Gasteiger partial charge on any atom is -0.444 e. The average Bonchev–Trinajstić information content (AvgIpc) is 2.49. The molecule has 0 unspecified atom stereocenters. The fraction of sp³-hybridized carbons (Fsp3) is 0.467. The van der Waals surface area contributed by atoms with E-state index in [1.165, 1.54) is 6.42 Å². The third kappa shape index (κ3) is 4.98. The summed E-state index contributed by atoms with van der Waals surface area (Å²) in [5, 5.41) is 6.45. The van der Waals surface area contributed by atoms with Gasteiger partial charge in [0, 0.05) is 0 Å². The second-order valence-electron chi connectivity index (χ2n) is 4.98. The number of amides is 2. The standard InChI is InChI=1S/C15H18N2O4/c1-11-7-5-6-10-13(11)21-15(19)17-16-14(18)20-12-8-3-2-4-9-12/h5-7,10,12H,2-4,8-9H2,1H3. The monoisotopic (exact) mass is 290 g/mol. The zero-order valence-electron chi connectivity index (χ0n) is 11.9. The van der Waals surface area contributed by atoms with Crippen LogP contribution in [0.25, 0.3) is 0 Å². The maximum Gasteiger partial charge on any atom is 0.458 e. The maximum atomic E-state index is 11.5. The highest BCUT2D eigenvalue weighted by molar-refractivity contribution is 5.75. The van der Waals surface area contributed by atoms with Crippen molar-refractivity contribution >= 4 is 12.2 Å². The van der Waals surface area contributed by atoms with Crippen molar-refractivity contribution in [1.29, 1.82) is 0 Å². The number of hydrogen-bond donors (Lipinski definition) is 0. The Morgan fingerprint density at radius 1 is 1.05 bits per heavy atom. The zero-order valence-corrected chi connectivity index (χ0v) is 11.9. The van der Waals surface area contributed by atoms with Gasteiger partial charge in [0.05, 0.1) is 0 Å². The van der Waals surface area contributed by atoms with Crippen molar-refractivity contribution in [2.75, 3.05) is 0 Å². The van der Waals surface area contributed by atoms with Crippen molar-refractivity contribution in [2.45, 2.75) is 45.1 Å². The van der Waals surface area contributed by atoms with Crippen LogP contribution in [0.3, 0.4) is 0 Å². The fourth-order valence-corrected chi connectivity index (χ4v) is 2.22. The Balaban J connectivity index is 1.81. The first kappa shape index (κ1) is 15.2. The molecule has 0 radical (unpaired) electrons. The molecule has 1 aromatic carbocycles. The van der Waals surface area contributed by atoms with Gasteiger partial charge in [0.25, 0.3) is 0 Å². The van der Waals surface area contributed by atoms with Crippen LogP contribution in [0.15, 0.2) is 34.5 Å². The molecular weight excluding hydrogens is 272 g/mol. The third-order valence-electron chi connectivity index (χ3n) is 3.32. The SMILES string of the molecule is Cc1ccccc1OC(=O)N=NC(=O)OC1CCCCC1. The lowest BCUT2D eigenvalue weighted by atomic mass is 9.98. The molecule has 1 fully saturated rings. The molecule has 2 rings (SSSR count). The van der Waals surface area contributed by atoms with Gasteiger partial charge in [-0.2, -0.15) is 0 Å². The fourth-order valence-electron chi connectivity index (χ4n) is 2.22. The van der Waals surface area contributed by atoms with Gasteiger partial charge in [-0.25, -0.2) is 9.59 Å². The molecule has 0 spiro atoms. The molecule has 1 aromatic rings. The minimum absolute atomic E-state index is 0.113. The van der Waals surface area contributed by atoms with Crippen molar-refractivity contribution in [3.8, 4) is 5.75 Å². The van der Waals surface area contributed by atoms with Gasteiger partial charge in [-0.3, -0.25) is 0 Å². The largest absolute Gasteiger partial charge is 0.458 e. The van der Waals surface area contributed by atoms with Crippen LogP contribution in [-0.2, 0) is 4.74 Å². The summed E-state index contributed by atoms with van der Waals surface area (Å²) in [6.07, 6.45) is 3.04. The predicted molar refractivity (Wildman–Crippen MR) is 75.4 cm³/mol. The van der Waals surface area contributed by atoms with E-state index < -0.39 is 12.2 Å². The molecule has 0 bridgehead atoms. The van der Waals surface area contributed by atoms with Gasteiger partial charge in [-0.05, 0) is 44.2 Å². The molecular formula is C15H18N2O4. The number of para-hydroxylation sites is 1. The second kappa shape index (κ2) is 7.52. The van der Waals surface area contributed by atoms with E-state index in [1.54, 1.807) is 25.1 Å². The van der Waals surface area contributed by atoms with Crippen LogP contribution < -0.4 is 4.74 Å². The molecule has 0 saturated heterocycles. The molecule has 0 aliphatic heterocycles. The van der Waals surface area contributed by atoms with E-state index in [4.69, 9.17) is 9.47 Å². The number of azo groups is 1. The number of rotatable bonds is 2. The van der Waals surface area contributed by atoms with Crippen LogP contribution in [0, 0.1) is 6.92 Å². The number of aryl methyl sites for hydroxylation is 1. The van der Waals surface area contributed by atoms with E-state index >= 15 is 0 Å². The van der Waals surface area contributed by atoms with Gasteiger partial charge in [0.15, 0.2) is 0 Å². The van der Waals surface area contributed by atoms with Crippen molar-refractivity contribution in [3.05, 3.63) is 29.8 Å². The van der Waals surface area contributed by atoms with Gasteiger partial charge in [0.2, 0.25) is 0 Å². The van der Waals surface area contributed by atoms with E-state index in [2.05, 4.69) is 10.2 Å². The smallest absolute Gasteiger partial charge is 0.444 e. The summed E-state index contributed by atoms with van der Waals surface area (Å²) in [6, 6.07) is 7.01. The predicted octanol–water partition coefficient (Wildman–Crippen LogP) is 4.42. The average molecular weight is 290 g/mol. The Labute approximate surface area is 123 Å². The lowest BCUT2D eigenvalue weighted by molar-refractivity contribution is 0.0817. The molecule has 1 aliphatic carbocycles. The lowest BCUT2D eigenvalue weighted by Crippen LogP contribution is -2.19. The third-order valence-corrected chi connectivity index (χ3v) is 3.32. The van der Waals surface area contributed by atoms with Crippen molar-refractivity contribution in [1.82, 2.24) is 0 Å². The molecule has 21 heavy (non-hydrogen) atoms.